The van der Waals surface area contributed by atoms with Crippen molar-refractivity contribution in [1.82, 2.24) is 29.3 Å². The number of rotatable bonds is 4. The summed E-state index contributed by atoms with van der Waals surface area (Å²) >= 11 is 6.32. The summed E-state index contributed by atoms with van der Waals surface area (Å²) in [5, 5.41) is 9.55. The van der Waals surface area contributed by atoms with E-state index in [1.807, 2.05) is 29.9 Å². The second kappa shape index (κ2) is 6.84. The van der Waals surface area contributed by atoms with Crippen molar-refractivity contribution >= 4 is 17.4 Å². The van der Waals surface area contributed by atoms with E-state index in [0.29, 0.717) is 17.5 Å². The smallest absolute Gasteiger partial charge is 0.152 e. The molecule has 25 heavy (non-hydrogen) atoms. The molecule has 3 aromatic rings. The van der Waals surface area contributed by atoms with Gasteiger partial charge < -0.3 is 14.0 Å². The number of hydrogen-bond donors (Lipinski definition) is 0. The molecule has 8 heteroatoms. The van der Waals surface area contributed by atoms with Gasteiger partial charge in [0.25, 0.3) is 0 Å². The van der Waals surface area contributed by atoms with Crippen molar-refractivity contribution in [1.29, 1.82) is 0 Å². The minimum absolute atomic E-state index is 0.320. The largest absolute Gasteiger partial charge is 0.355 e. The molecule has 1 fully saturated rings. The van der Waals surface area contributed by atoms with Crippen molar-refractivity contribution in [3.05, 3.63) is 53.7 Å². The Balaban J connectivity index is 1.54. The molecule has 0 aliphatic carbocycles. The SMILES string of the molecule is Cn1c(Cn2ccnc2)nnc1[C@@H]1CCCN(c2ncccc2Cl)C1. The number of hydrogen-bond acceptors (Lipinski definition) is 5. The molecule has 0 radical (unpaired) electrons. The Bertz CT molecular complexity index is 843. The van der Waals surface area contributed by atoms with E-state index in [2.05, 4.69) is 29.6 Å². The number of anilines is 1. The second-order valence-electron chi connectivity index (χ2n) is 6.36. The maximum absolute atomic E-state index is 6.32. The maximum atomic E-state index is 6.32. The summed E-state index contributed by atoms with van der Waals surface area (Å²) < 4.78 is 4.10. The van der Waals surface area contributed by atoms with Gasteiger partial charge >= 0.3 is 0 Å². The summed E-state index contributed by atoms with van der Waals surface area (Å²) in [7, 11) is 2.04. The minimum Gasteiger partial charge on any atom is -0.355 e. The van der Waals surface area contributed by atoms with E-state index in [9.17, 15) is 0 Å². The van der Waals surface area contributed by atoms with Crippen molar-refractivity contribution < 1.29 is 0 Å². The molecule has 1 saturated heterocycles. The summed E-state index contributed by atoms with van der Waals surface area (Å²) in [5.41, 5.74) is 0. The fourth-order valence-electron chi connectivity index (χ4n) is 3.40. The van der Waals surface area contributed by atoms with Crippen LogP contribution < -0.4 is 4.90 Å². The van der Waals surface area contributed by atoms with Crippen LogP contribution in [0, 0.1) is 0 Å². The van der Waals surface area contributed by atoms with Gasteiger partial charge in [0.15, 0.2) is 5.82 Å². The third kappa shape index (κ3) is 3.24. The molecular weight excluding hydrogens is 338 g/mol. The van der Waals surface area contributed by atoms with Crippen LogP contribution in [0.5, 0.6) is 0 Å². The van der Waals surface area contributed by atoms with Crippen LogP contribution in [0.25, 0.3) is 0 Å². The van der Waals surface area contributed by atoms with Gasteiger partial charge in [-0.15, -0.1) is 10.2 Å². The molecule has 0 spiro atoms. The van der Waals surface area contributed by atoms with Gasteiger partial charge in [0.1, 0.15) is 11.6 Å². The number of pyridine rings is 1. The van der Waals surface area contributed by atoms with Crippen LogP contribution >= 0.6 is 11.6 Å². The minimum atomic E-state index is 0.320. The van der Waals surface area contributed by atoms with E-state index in [0.717, 1.165) is 43.4 Å². The third-order valence-corrected chi connectivity index (χ3v) is 5.00. The van der Waals surface area contributed by atoms with Crippen LogP contribution in [0.4, 0.5) is 5.82 Å². The molecule has 0 aromatic carbocycles. The van der Waals surface area contributed by atoms with Gasteiger partial charge in [0.2, 0.25) is 0 Å². The van der Waals surface area contributed by atoms with Crippen LogP contribution in [0.15, 0.2) is 37.1 Å². The lowest BCUT2D eigenvalue weighted by molar-refractivity contribution is 0.476. The highest BCUT2D eigenvalue weighted by Gasteiger charge is 2.27. The first-order valence-corrected chi connectivity index (χ1v) is 8.79. The van der Waals surface area contributed by atoms with E-state index < -0.39 is 0 Å². The van der Waals surface area contributed by atoms with E-state index in [1.165, 1.54) is 0 Å². The molecule has 4 rings (SSSR count). The molecule has 0 amide bonds. The summed E-state index contributed by atoms with van der Waals surface area (Å²) in [6.45, 7) is 2.49. The lowest BCUT2D eigenvalue weighted by Crippen LogP contribution is -2.36. The summed E-state index contributed by atoms with van der Waals surface area (Å²) in [6.07, 6.45) is 9.46. The Morgan fingerprint density at radius 3 is 3.00 bits per heavy atom. The molecular formula is C17H20ClN7. The van der Waals surface area contributed by atoms with Gasteiger partial charge in [-0.05, 0) is 25.0 Å². The van der Waals surface area contributed by atoms with Gasteiger partial charge in [-0.25, -0.2) is 9.97 Å². The van der Waals surface area contributed by atoms with Crippen LogP contribution in [-0.2, 0) is 13.6 Å². The van der Waals surface area contributed by atoms with E-state index in [-0.39, 0.29) is 0 Å². The van der Waals surface area contributed by atoms with E-state index in [1.54, 1.807) is 18.7 Å². The highest BCUT2D eigenvalue weighted by molar-refractivity contribution is 6.32. The van der Waals surface area contributed by atoms with Crippen LogP contribution in [0.3, 0.4) is 0 Å². The van der Waals surface area contributed by atoms with Gasteiger partial charge in [-0.3, -0.25) is 0 Å². The number of piperidine rings is 1. The zero-order valence-electron chi connectivity index (χ0n) is 14.1. The third-order valence-electron chi connectivity index (χ3n) is 4.71. The van der Waals surface area contributed by atoms with Crippen LogP contribution in [-0.4, -0.2) is 42.4 Å². The van der Waals surface area contributed by atoms with Gasteiger partial charge in [-0.1, -0.05) is 11.6 Å². The average Bonchev–Trinajstić information content (AvgIpc) is 3.27. The highest BCUT2D eigenvalue weighted by atomic mass is 35.5. The molecule has 1 atom stereocenters. The quantitative estimate of drug-likeness (QED) is 0.717. The molecule has 3 aromatic heterocycles. The normalized spacial score (nSPS) is 17.8. The Morgan fingerprint density at radius 1 is 1.28 bits per heavy atom. The number of nitrogens with zero attached hydrogens (tertiary/aromatic N) is 7. The van der Waals surface area contributed by atoms with Crippen LogP contribution in [0.1, 0.15) is 30.4 Å². The Hall–Kier alpha value is -2.41. The maximum Gasteiger partial charge on any atom is 0.152 e. The lowest BCUT2D eigenvalue weighted by atomic mass is 9.97. The van der Waals surface area contributed by atoms with Gasteiger partial charge in [0.05, 0.1) is 17.9 Å². The van der Waals surface area contributed by atoms with Crippen LogP contribution in [0.2, 0.25) is 5.02 Å². The number of halogens is 1. The predicted molar refractivity (Wildman–Crippen MR) is 95.8 cm³/mol. The van der Waals surface area contributed by atoms with Crippen molar-refractivity contribution in [2.24, 2.45) is 7.05 Å². The zero-order chi connectivity index (χ0) is 17.2. The topological polar surface area (TPSA) is 64.7 Å². The van der Waals surface area contributed by atoms with E-state index >= 15 is 0 Å². The molecule has 1 aliphatic heterocycles. The first-order chi connectivity index (χ1) is 12.2. The summed E-state index contributed by atoms with van der Waals surface area (Å²) in [4.78, 5) is 10.8. The molecule has 0 saturated carbocycles. The van der Waals surface area contributed by atoms with Crippen molar-refractivity contribution in [2.75, 3.05) is 18.0 Å². The fraction of sp³-hybridized carbons (Fsp3) is 0.412. The Kier molecular flexibility index (Phi) is 4.40. The fourth-order valence-corrected chi connectivity index (χ4v) is 3.64. The van der Waals surface area contributed by atoms with Gasteiger partial charge in [0, 0.05) is 44.6 Å². The molecule has 1 aliphatic rings. The summed E-state index contributed by atoms with van der Waals surface area (Å²) in [6, 6.07) is 3.75. The molecule has 4 heterocycles. The number of imidazole rings is 1. The predicted octanol–water partition coefficient (Wildman–Crippen LogP) is 2.49. The Morgan fingerprint density at radius 2 is 2.20 bits per heavy atom. The molecule has 130 valence electrons. The zero-order valence-corrected chi connectivity index (χ0v) is 14.8. The van der Waals surface area contributed by atoms with Crippen molar-refractivity contribution in [2.45, 2.75) is 25.3 Å². The highest BCUT2D eigenvalue weighted by Crippen LogP contribution is 2.31. The monoisotopic (exact) mass is 357 g/mol. The van der Waals surface area contributed by atoms with Crippen molar-refractivity contribution in [3.63, 3.8) is 0 Å². The molecule has 7 nitrogen and oxygen atoms in total. The average molecular weight is 358 g/mol. The summed E-state index contributed by atoms with van der Waals surface area (Å²) in [5.74, 6) is 3.13. The number of aromatic nitrogens is 6. The molecule has 0 bridgehead atoms. The first kappa shape index (κ1) is 16.1. The van der Waals surface area contributed by atoms with Crippen molar-refractivity contribution in [3.8, 4) is 0 Å². The Labute approximate surface area is 151 Å². The second-order valence-corrected chi connectivity index (χ2v) is 6.77. The standard InChI is InChI=1S/C17H20ClN7/c1-23-15(11-24-9-7-19-12-24)21-22-16(23)13-4-3-8-25(10-13)17-14(18)5-2-6-20-17/h2,5-7,9,12-13H,3-4,8,10-11H2,1H3/t13-/m1/s1. The molecule has 0 N–H and O–H groups in total. The van der Waals surface area contributed by atoms with E-state index in [4.69, 9.17) is 11.6 Å². The lowest BCUT2D eigenvalue weighted by Gasteiger charge is -2.33. The molecule has 0 unspecified atom stereocenters. The van der Waals surface area contributed by atoms with Gasteiger partial charge in [-0.2, -0.15) is 0 Å². The first-order valence-electron chi connectivity index (χ1n) is 8.41.